The standard InChI is InChI=1S/C6H16N2.2ClH/c1-6(7-2)5-8(3)4;;/h6-7H,5H2,1-4H3;2*1H/t6-;;/m0../s1. The fourth-order valence-electron chi connectivity index (χ4n) is 0.639. The number of likely N-dealkylation sites (N-methyl/N-ethyl adjacent to an activating group) is 2. The second-order valence-corrected chi connectivity index (χ2v) is 2.45. The maximum atomic E-state index is 3.15. The first-order valence-corrected chi connectivity index (χ1v) is 2.98. The van der Waals surface area contributed by atoms with Crippen LogP contribution < -0.4 is 5.32 Å². The van der Waals surface area contributed by atoms with Gasteiger partial charge in [-0.25, -0.2) is 0 Å². The van der Waals surface area contributed by atoms with E-state index in [0.29, 0.717) is 6.04 Å². The maximum Gasteiger partial charge on any atom is 0.0163 e. The lowest BCUT2D eigenvalue weighted by Gasteiger charge is -2.15. The summed E-state index contributed by atoms with van der Waals surface area (Å²) < 4.78 is 0. The Morgan fingerprint density at radius 1 is 1.30 bits per heavy atom. The summed E-state index contributed by atoms with van der Waals surface area (Å²) in [5.74, 6) is 0. The fourth-order valence-corrected chi connectivity index (χ4v) is 0.639. The van der Waals surface area contributed by atoms with Crippen LogP contribution in [0.5, 0.6) is 0 Å². The highest BCUT2D eigenvalue weighted by Crippen LogP contribution is 1.80. The van der Waals surface area contributed by atoms with Gasteiger partial charge < -0.3 is 10.2 Å². The molecule has 0 saturated carbocycles. The molecule has 0 aliphatic heterocycles. The lowest BCUT2D eigenvalue weighted by Crippen LogP contribution is -2.33. The van der Waals surface area contributed by atoms with Gasteiger partial charge in [-0.05, 0) is 28.1 Å². The Balaban J connectivity index is -0.000000245. The number of halogens is 2. The zero-order valence-electron chi connectivity index (χ0n) is 7.05. The van der Waals surface area contributed by atoms with Gasteiger partial charge in [0.1, 0.15) is 0 Å². The van der Waals surface area contributed by atoms with Crippen molar-refractivity contribution in [1.82, 2.24) is 10.2 Å². The fraction of sp³-hybridized carbons (Fsp3) is 1.00. The van der Waals surface area contributed by atoms with Gasteiger partial charge in [0.15, 0.2) is 0 Å². The Labute approximate surface area is 76.2 Å². The van der Waals surface area contributed by atoms with Gasteiger partial charge in [-0.3, -0.25) is 0 Å². The zero-order valence-corrected chi connectivity index (χ0v) is 8.68. The number of nitrogens with zero attached hydrogens (tertiary/aromatic N) is 1. The molecule has 0 aliphatic rings. The molecule has 0 radical (unpaired) electrons. The van der Waals surface area contributed by atoms with Gasteiger partial charge in [0.05, 0.1) is 0 Å². The summed E-state index contributed by atoms with van der Waals surface area (Å²) in [6.07, 6.45) is 0. The Morgan fingerprint density at radius 2 is 1.70 bits per heavy atom. The van der Waals surface area contributed by atoms with E-state index in [-0.39, 0.29) is 24.8 Å². The quantitative estimate of drug-likeness (QED) is 0.712. The third kappa shape index (κ3) is 11.3. The molecule has 2 nitrogen and oxygen atoms in total. The van der Waals surface area contributed by atoms with Crippen molar-refractivity contribution in [3.05, 3.63) is 0 Å². The molecule has 0 aromatic rings. The average molecular weight is 189 g/mol. The minimum absolute atomic E-state index is 0. The summed E-state index contributed by atoms with van der Waals surface area (Å²) in [6, 6.07) is 0.602. The summed E-state index contributed by atoms with van der Waals surface area (Å²) in [7, 11) is 6.13. The van der Waals surface area contributed by atoms with Crippen LogP contribution in [-0.4, -0.2) is 38.6 Å². The molecule has 0 amide bonds. The van der Waals surface area contributed by atoms with Crippen LogP contribution in [0, 0.1) is 0 Å². The lowest BCUT2D eigenvalue weighted by atomic mass is 10.3. The first kappa shape index (κ1) is 16.8. The smallest absolute Gasteiger partial charge is 0.0163 e. The van der Waals surface area contributed by atoms with Crippen LogP contribution in [0.25, 0.3) is 0 Å². The first-order valence-electron chi connectivity index (χ1n) is 2.98. The number of nitrogens with one attached hydrogen (secondary N) is 1. The third-order valence-corrected chi connectivity index (χ3v) is 1.13. The maximum absolute atomic E-state index is 3.15. The lowest BCUT2D eigenvalue weighted by molar-refractivity contribution is 0.360. The normalized spacial score (nSPS) is 11.7. The zero-order chi connectivity index (χ0) is 6.57. The van der Waals surface area contributed by atoms with Gasteiger partial charge in [-0.1, -0.05) is 0 Å². The number of hydrogen-bond acceptors (Lipinski definition) is 2. The van der Waals surface area contributed by atoms with Crippen molar-refractivity contribution in [2.75, 3.05) is 27.7 Å². The van der Waals surface area contributed by atoms with Crippen LogP contribution in [-0.2, 0) is 0 Å². The summed E-state index contributed by atoms with van der Waals surface area (Å²) in [6.45, 7) is 3.27. The van der Waals surface area contributed by atoms with E-state index >= 15 is 0 Å². The van der Waals surface area contributed by atoms with E-state index in [2.05, 4.69) is 31.2 Å². The minimum Gasteiger partial charge on any atom is -0.316 e. The van der Waals surface area contributed by atoms with Gasteiger partial charge in [0.25, 0.3) is 0 Å². The van der Waals surface area contributed by atoms with Crippen LogP contribution >= 0.6 is 24.8 Å². The predicted molar refractivity (Wildman–Crippen MR) is 51.6 cm³/mol. The molecule has 0 spiro atoms. The van der Waals surface area contributed by atoms with Crippen molar-refractivity contribution >= 4 is 24.8 Å². The van der Waals surface area contributed by atoms with Crippen LogP contribution in [0.2, 0.25) is 0 Å². The minimum atomic E-state index is 0. The van der Waals surface area contributed by atoms with Gasteiger partial charge in [-0.2, -0.15) is 0 Å². The Morgan fingerprint density at radius 3 is 1.80 bits per heavy atom. The molecule has 0 aromatic heterocycles. The van der Waals surface area contributed by atoms with Gasteiger partial charge in [0.2, 0.25) is 0 Å². The second-order valence-electron chi connectivity index (χ2n) is 2.45. The van der Waals surface area contributed by atoms with Crippen LogP contribution in [0.15, 0.2) is 0 Å². The monoisotopic (exact) mass is 188 g/mol. The molecule has 1 atom stereocenters. The number of hydrogen-bond donors (Lipinski definition) is 1. The van der Waals surface area contributed by atoms with E-state index in [0.717, 1.165) is 6.54 Å². The van der Waals surface area contributed by atoms with E-state index in [1.807, 2.05) is 7.05 Å². The van der Waals surface area contributed by atoms with Crippen molar-refractivity contribution in [3.63, 3.8) is 0 Å². The van der Waals surface area contributed by atoms with Crippen molar-refractivity contribution in [1.29, 1.82) is 0 Å². The highest BCUT2D eigenvalue weighted by Gasteiger charge is 1.96. The van der Waals surface area contributed by atoms with E-state index in [9.17, 15) is 0 Å². The summed E-state index contributed by atoms with van der Waals surface area (Å²) in [4.78, 5) is 2.17. The van der Waals surface area contributed by atoms with Crippen LogP contribution in [0.3, 0.4) is 0 Å². The average Bonchev–Trinajstić information content (AvgIpc) is 1.65. The van der Waals surface area contributed by atoms with E-state index in [1.54, 1.807) is 0 Å². The highest BCUT2D eigenvalue weighted by atomic mass is 35.5. The van der Waals surface area contributed by atoms with Crippen LogP contribution in [0.4, 0.5) is 0 Å². The van der Waals surface area contributed by atoms with E-state index in [4.69, 9.17) is 0 Å². The van der Waals surface area contributed by atoms with Crippen LogP contribution in [0.1, 0.15) is 6.92 Å². The Hall–Kier alpha value is 0.500. The third-order valence-electron chi connectivity index (χ3n) is 1.13. The van der Waals surface area contributed by atoms with Crippen molar-refractivity contribution in [2.45, 2.75) is 13.0 Å². The summed E-state index contributed by atoms with van der Waals surface area (Å²) >= 11 is 0. The van der Waals surface area contributed by atoms with Crippen molar-refractivity contribution < 1.29 is 0 Å². The van der Waals surface area contributed by atoms with Crippen molar-refractivity contribution in [2.24, 2.45) is 0 Å². The Bertz CT molecular complexity index is 59.7. The molecule has 10 heavy (non-hydrogen) atoms. The molecule has 0 saturated heterocycles. The van der Waals surface area contributed by atoms with Crippen molar-refractivity contribution in [3.8, 4) is 0 Å². The molecule has 4 heteroatoms. The summed E-state index contributed by atoms with van der Waals surface area (Å²) in [5.41, 5.74) is 0. The molecule has 0 aromatic carbocycles. The molecule has 0 bridgehead atoms. The molecule has 0 heterocycles. The molecular formula is C6H18Cl2N2. The molecule has 66 valence electrons. The summed E-state index contributed by atoms with van der Waals surface area (Å²) in [5, 5.41) is 3.15. The van der Waals surface area contributed by atoms with Gasteiger partial charge in [0, 0.05) is 12.6 Å². The van der Waals surface area contributed by atoms with Gasteiger partial charge in [-0.15, -0.1) is 24.8 Å². The van der Waals surface area contributed by atoms with E-state index in [1.165, 1.54) is 0 Å². The molecular weight excluding hydrogens is 171 g/mol. The number of rotatable bonds is 3. The highest BCUT2D eigenvalue weighted by molar-refractivity contribution is 5.85. The molecule has 0 aliphatic carbocycles. The SMILES string of the molecule is CN[C@@H](C)CN(C)C.Cl.Cl. The first-order chi connectivity index (χ1) is 3.66. The Kier molecular flexibility index (Phi) is 16.0. The molecule has 0 rings (SSSR count). The largest absolute Gasteiger partial charge is 0.316 e. The van der Waals surface area contributed by atoms with E-state index < -0.39 is 0 Å². The van der Waals surface area contributed by atoms with Gasteiger partial charge >= 0.3 is 0 Å². The second kappa shape index (κ2) is 9.50. The molecule has 1 N–H and O–H groups in total. The topological polar surface area (TPSA) is 15.3 Å². The molecule has 0 unspecified atom stereocenters. The predicted octanol–water partition coefficient (Wildman–Crippen LogP) is 0.999. The molecule has 0 fully saturated rings.